The summed E-state index contributed by atoms with van der Waals surface area (Å²) in [6.45, 7) is 2.07. The summed E-state index contributed by atoms with van der Waals surface area (Å²) in [5.41, 5.74) is 0.900. The summed E-state index contributed by atoms with van der Waals surface area (Å²) in [7, 11) is 1.62. The maximum Gasteiger partial charge on any atom is 0.313 e. The van der Waals surface area contributed by atoms with Gasteiger partial charge in [-0.1, -0.05) is 18.7 Å². The number of aromatic nitrogens is 3. The van der Waals surface area contributed by atoms with E-state index in [0.717, 1.165) is 30.1 Å². The number of hydrogen-bond donors (Lipinski definition) is 1. The van der Waals surface area contributed by atoms with Crippen LogP contribution in [0.15, 0.2) is 29.4 Å². The van der Waals surface area contributed by atoms with Crippen LogP contribution in [-0.2, 0) is 11.2 Å². The SMILES string of the molecule is CCCc1nnc(SCC(=O)O)n1-c1ccc(OC)cc1. The Labute approximate surface area is 127 Å². The van der Waals surface area contributed by atoms with Gasteiger partial charge in [-0.25, -0.2) is 0 Å². The van der Waals surface area contributed by atoms with Gasteiger partial charge >= 0.3 is 5.97 Å². The van der Waals surface area contributed by atoms with Crippen molar-refractivity contribution in [3.05, 3.63) is 30.1 Å². The molecule has 1 N–H and O–H groups in total. The quantitative estimate of drug-likeness (QED) is 0.792. The van der Waals surface area contributed by atoms with Gasteiger partial charge in [-0.3, -0.25) is 9.36 Å². The summed E-state index contributed by atoms with van der Waals surface area (Å²) in [4.78, 5) is 10.7. The average molecular weight is 307 g/mol. The van der Waals surface area contributed by atoms with E-state index in [-0.39, 0.29) is 5.75 Å². The molecule has 0 atom stereocenters. The second-order valence-electron chi connectivity index (χ2n) is 4.36. The minimum absolute atomic E-state index is 0.0413. The van der Waals surface area contributed by atoms with Crippen LogP contribution in [0.25, 0.3) is 5.69 Å². The molecule has 21 heavy (non-hydrogen) atoms. The van der Waals surface area contributed by atoms with E-state index in [1.54, 1.807) is 7.11 Å². The average Bonchev–Trinajstić information content (AvgIpc) is 2.88. The molecule has 0 aliphatic heterocycles. The lowest BCUT2D eigenvalue weighted by Crippen LogP contribution is -2.05. The summed E-state index contributed by atoms with van der Waals surface area (Å²) in [5.74, 6) is 0.681. The third-order valence-corrected chi connectivity index (χ3v) is 3.74. The number of ether oxygens (including phenoxy) is 1. The molecule has 0 aliphatic carbocycles. The van der Waals surface area contributed by atoms with Gasteiger partial charge in [-0.2, -0.15) is 0 Å². The predicted octanol–water partition coefficient (Wildman–Crippen LogP) is 2.41. The van der Waals surface area contributed by atoms with Gasteiger partial charge < -0.3 is 9.84 Å². The highest BCUT2D eigenvalue weighted by atomic mass is 32.2. The van der Waals surface area contributed by atoms with Crippen molar-refractivity contribution in [3.8, 4) is 11.4 Å². The van der Waals surface area contributed by atoms with Crippen LogP contribution >= 0.6 is 11.8 Å². The molecule has 0 fully saturated rings. The van der Waals surface area contributed by atoms with Gasteiger partial charge in [0.05, 0.1) is 12.9 Å². The molecule has 0 amide bonds. The maximum absolute atomic E-state index is 10.7. The lowest BCUT2D eigenvalue weighted by Gasteiger charge is -2.10. The van der Waals surface area contributed by atoms with Crippen LogP contribution in [0.1, 0.15) is 19.2 Å². The third-order valence-electron chi connectivity index (χ3n) is 2.83. The van der Waals surface area contributed by atoms with Crippen molar-refractivity contribution >= 4 is 17.7 Å². The van der Waals surface area contributed by atoms with E-state index in [0.29, 0.717) is 5.16 Å². The van der Waals surface area contributed by atoms with Crippen LogP contribution in [0, 0.1) is 0 Å². The molecule has 1 aromatic heterocycles. The van der Waals surface area contributed by atoms with Crippen molar-refractivity contribution in [2.24, 2.45) is 0 Å². The van der Waals surface area contributed by atoms with Crippen molar-refractivity contribution in [2.45, 2.75) is 24.9 Å². The van der Waals surface area contributed by atoms with Crippen LogP contribution in [0.2, 0.25) is 0 Å². The molecular weight excluding hydrogens is 290 g/mol. The van der Waals surface area contributed by atoms with E-state index in [1.165, 1.54) is 11.8 Å². The van der Waals surface area contributed by atoms with Crippen LogP contribution < -0.4 is 4.74 Å². The van der Waals surface area contributed by atoms with E-state index in [9.17, 15) is 4.79 Å². The summed E-state index contributed by atoms with van der Waals surface area (Å²) in [6.07, 6.45) is 1.73. The first kappa shape index (κ1) is 15.4. The number of carbonyl (C=O) groups is 1. The van der Waals surface area contributed by atoms with Crippen molar-refractivity contribution < 1.29 is 14.6 Å². The molecule has 0 bridgehead atoms. The second kappa shape index (κ2) is 7.12. The number of benzene rings is 1. The Morgan fingerprint density at radius 3 is 2.62 bits per heavy atom. The van der Waals surface area contributed by atoms with Gasteiger partial charge in [-0.05, 0) is 30.7 Å². The van der Waals surface area contributed by atoms with Gasteiger partial charge in [0.1, 0.15) is 11.6 Å². The summed E-state index contributed by atoms with van der Waals surface area (Å²) in [5, 5.41) is 17.7. The van der Waals surface area contributed by atoms with Gasteiger partial charge in [0.15, 0.2) is 5.16 Å². The van der Waals surface area contributed by atoms with Gasteiger partial charge in [0.25, 0.3) is 0 Å². The molecule has 0 unspecified atom stereocenters. The van der Waals surface area contributed by atoms with E-state index >= 15 is 0 Å². The zero-order valence-electron chi connectivity index (χ0n) is 11.9. The van der Waals surface area contributed by atoms with E-state index in [4.69, 9.17) is 9.84 Å². The van der Waals surface area contributed by atoms with Gasteiger partial charge in [-0.15, -0.1) is 10.2 Å². The highest BCUT2D eigenvalue weighted by molar-refractivity contribution is 7.99. The Kier molecular flexibility index (Phi) is 5.21. The van der Waals surface area contributed by atoms with Crippen molar-refractivity contribution in [3.63, 3.8) is 0 Å². The summed E-state index contributed by atoms with van der Waals surface area (Å²) >= 11 is 1.17. The number of aryl methyl sites for hydroxylation is 1. The summed E-state index contributed by atoms with van der Waals surface area (Å²) in [6, 6.07) is 7.53. The molecule has 1 aromatic carbocycles. The number of rotatable bonds is 7. The fraction of sp³-hybridized carbons (Fsp3) is 0.357. The maximum atomic E-state index is 10.7. The third kappa shape index (κ3) is 3.75. The monoisotopic (exact) mass is 307 g/mol. The minimum atomic E-state index is -0.874. The fourth-order valence-electron chi connectivity index (χ4n) is 1.90. The highest BCUT2D eigenvalue weighted by Crippen LogP contribution is 2.24. The van der Waals surface area contributed by atoms with E-state index in [1.807, 2.05) is 28.8 Å². The number of thioether (sulfide) groups is 1. The Hall–Kier alpha value is -2.02. The first-order valence-corrected chi connectivity index (χ1v) is 7.57. The molecule has 112 valence electrons. The Morgan fingerprint density at radius 1 is 1.33 bits per heavy atom. The van der Waals surface area contributed by atoms with Crippen LogP contribution in [-0.4, -0.2) is 38.7 Å². The lowest BCUT2D eigenvalue weighted by molar-refractivity contribution is -0.133. The highest BCUT2D eigenvalue weighted by Gasteiger charge is 2.15. The van der Waals surface area contributed by atoms with Crippen molar-refractivity contribution in [1.82, 2.24) is 14.8 Å². The minimum Gasteiger partial charge on any atom is -0.497 e. The molecule has 0 radical (unpaired) electrons. The van der Waals surface area contributed by atoms with Crippen molar-refractivity contribution in [1.29, 1.82) is 0 Å². The van der Waals surface area contributed by atoms with E-state index in [2.05, 4.69) is 17.1 Å². The van der Waals surface area contributed by atoms with Crippen molar-refractivity contribution in [2.75, 3.05) is 12.9 Å². The molecule has 1 heterocycles. The summed E-state index contributed by atoms with van der Waals surface area (Å²) < 4.78 is 7.05. The molecule has 0 aliphatic rings. The van der Waals surface area contributed by atoms with Gasteiger partial charge in [0, 0.05) is 12.1 Å². The number of aliphatic carboxylic acids is 1. The molecule has 0 spiro atoms. The normalized spacial score (nSPS) is 10.6. The van der Waals surface area contributed by atoms with Crippen LogP contribution in [0.5, 0.6) is 5.75 Å². The number of carboxylic acids is 1. The Balaban J connectivity index is 2.36. The Morgan fingerprint density at radius 2 is 2.05 bits per heavy atom. The Bertz CT molecular complexity index is 610. The molecule has 6 nitrogen and oxygen atoms in total. The first-order chi connectivity index (χ1) is 10.2. The topological polar surface area (TPSA) is 77.2 Å². The molecule has 0 saturated heterocycles. The molecular formula is C14H17N3O3S. The zero-order chi connectivity index (χ0) is 15.2. The fourth-order valence-corrected chi connectivity index (χ4v) is 2.59. The second-order valence-corrected chi connectivity index (χ2v) is 5.31. The molecule has 2 rings (SSSR count). The smallest absolute Gasteiger partial charge is 0.313 e. The number of hydrogen-bond acceptors (Lipinski definition) is 5. The standard InChI is InChI=1S/C14H17N3O3S/c1-3-4-12-15-16-14(21-9-13(18)19)17(12)10-5-7-11(20-2)8-6-10/h5-8H,3-4,9H2,1-2H3,(H,18,19). The number of methoxy groups -OCH3 is 1. The zero-order valence-corrected chi connectivity index (χ0v) is 12.8. The number of nitrogens with zero attached hydrogens (tertiary/aromatic N) is 3. The molecule has 0 saturated carbocycles. The van der Waals surface area contributed by atoms with E-state index < -0.39 is 5.97 Å². The van der Waals surface area contributed by atoms with Gasteiger partial charge in [0.2, 0.25) is 0 Å². The van der Waals surface area contributed by atoms with Crippen LogP contribution in [0.4, 0.5) is 0 Å². The largest absolute Gasteiger partial charge is 0.497 e. The first-order valence-electron chi connectivity index (χ1n) is 6.59. The van der Waals surface area contributed by atoms with Crippen LogP contribution in [0.3, 0.4) is 0 Å². The predicted molar refractivity (Wildman–Crippen MR) is 80.3 cm³/mol. The number of carboxylic acid groups (broad SMARTS) is 1. The lowest BCUT2D eigenvalue weighted by atomic mass is 10.2. The molecule has 2 aromatic rings. The molecule has 7 heteroatoms.